The van der Waals surface area contributed by atoms with E-state index in [4.69, 9.17) is 0 Å². The summed E-state index contributed by atoms with van der Waals surface area (Å²) in [6.07, 6.45) is 0. The first kappa shape index (κ1) is 17.3. The third-order valence-electron chi connectivity index (χ3n) is 3.88. The molecule has 0 fully saturated rings. The van der Waals surface area contributed by atoms with Gasteiger partial charge in [0, 0.05) is 0 Å². The highest BCUT2D eigenvalue weighted by molar-refractivity contribution is 7.89. The van der Waals surface area contributed by atoms with E-state index >= 15 is 0 Å². The highest BCUT2D eigenvalue weighted by Gasteiger charge is 2.22. The Morgan fingerprint density at radius 3 is 2.24 bits per heavy atom. The summed E-state index contributed by atoms with van der Waals surface area (Å²) in [7, 11) is -3.62. The third kappa shape index (κ3) is 3.78. The van der Waals surface area contributed by atoms with Gasteiger partial charge in [-0.05, 0) is 45.0 Å². The molecule has 1 heterocycles. The average Bonchev–Trinajstić information content (AvgIpc) is 2.98. The Kier molecular flexibility index (Phi) is 4.69. The molecule has 0 aliphatic carbocycles. The van der Waals surface area contributed by atoms with E-state index in [-0.39, 0.29) is 4.90 Å². The molecular formula is C18H20N4O2S. The molecule has 25 heavy (non-hydrogen) atoms. The standard InChI is InChI=1S/C18H20N4O2S/c1-13-9-11-17(12-10-13)25(23,24)21-15(3)18-14(2)19-22(20-18)16-7-5-4-6-8-16/h4-12,15,21H,1-3H3. The molecule has 1 N–H and O–H groups in total. The minimum absolute atomic E-state index is 0.234. The van der Waals surface area contributed by atoms with Gasteiger partial charge in [0.1, 0.15) is 5.69 Å². The van der Waals surface area contributed by atoms with Crippen LogP contribution < -0.4 is 4.72 Å². The Hall–Kier alpha value is -2.51. The normalized spacial score (nSPS) is 12.9. The molecule has 130 valence electrons. The first-order valence-corrected chi connectivity index (χ1v) is 9.43. The van der Waals surface area contributed by atoms with Crippen LogP contribution in [0.4, 0.5) is 0 Å². The molecule has 6 nitrogen and oxygen atoms in total. The zero-order valence-corrected chi connectivity index (χ0v) is 15.2. The van der Waals surface area contributed by atoms with Crippen molar-refractivity contribution in [2.24, 2.45) is 0 Å². The predicted octanol–water partition coefficient (Wildman–Crippen LogP) is 2.92. The molecule has 0 amide bonds. The monoisotopic (exact) mass is 356 g/mol. The van der Waals surface area contributed by atoms with E-state index in [0.717, 1.165) is 11.3 Å². The van der Waals surface area contributed by atoms with Crippen molar-refractivity contribution in [1.29, 1.82) is 0 Å². The fraction of sp³-hybridized carbons (Fsp3) is 0.222. The summed E-state index contributed by atoms with van der Waals surface area (Å²) in [4.78, 5) is 1.75. The molecule has 0 aliphatic rings. The summed E-state index contributed by atoms with van der Waals surface area (Å²) >= 11 is 0. The first-order valence-electron chi connectivity index (χ1n) is 7.95. The number of aromatic nitrogens is 3. The molecule has 0 bridgehead atoms. The summed E-state index contributed by atoms with van der Waals surface area (Å²) in [5, 5.41) is 8.84. The Morgan fingerprint density at radius 1 is 0.960 bits per heavy atom. The second-order valence-corrected chi connectivity index (χ2v) is 7.67. The average molecular weight is 356 g/mol. The highest BCUT2D eigenvalue weighted by Crippen LogP contribution is 2.19. The lowest BCUT2D eigenvalue weighted by Gasteiger charge is -2.12. The van der Waals surface area contributed by atoms with E-state index in [1.54, 1.807) is 31.2 Å². The number of aryl methyl sites for hydroxylation is 2. The van der Waals surface area contributed by atoms with Gasteiger partial charge in [-0.3, -0.25) is 0 Å². The zero-order chi connectivity index (χ0) is 18.0. The van der Waals surface area contributed by atoms with Gasteiger partial charge >= 0.3 is 0 Å². The van der Waals surface area contributed by atoms with Gasteiger partial charge in [0.25, 0.3) is 0 Å². The van der Waals surface area contributed by atoms with Gasteiger partial charge in [-0.1, -0.05) is 35.9 Å². The molecule has 1 atom stereocenters. The molecule has 1 unspecified atom stereocenters. The van der Waals surface area contributed by atoms with Gasteiger partial charge in [0.05, 0.1) is 22.3 Å². The van der Waals surface area contributed by atoms with Crippen molar-refractivity contribution in [1.82, 2.24) is 19.7 Å². The molecule has 0 spiro atoms. The maximum absolute atomic E-state index is 12.5. The SMILES string of the molecule is Cc1ccc(S(=O)(=O)NC(C)c2nn(-c3ccccc3)nc2C)cc1. The molecule has 3 rings (SSSR count). The maximum Gasteiger partial charge on any atom is 0.241 e. The van der Waals surface area contributed by atoms with Gasteiger partial charge in [-0.25, -0.2) is 13.1 Å². The van der Waals surface area contributed by atoms with E-state index in [0.29, 0.717) is 11.4 Å². The summed E-state index contributed by atoms with van der Waals surface area (Å²) in [6.45, 7) is 5.49. The second kappa shape index (κ2) is 6.78. The van der Waals surface area contributed by atoms with Crippen molar-refractivity contribution in [3.63, 3.8) is 0 Å². The number of benzene rings is 2. The van der Waals surface area contributed by atoms with Crippen molar-refractivity contribution >= 4 is 10.0 Å². The molecule has 3 aromatic rings. The lowest BCUT2D eigenvalue weighted by atomic mass is 10.2. The Bertz CT molecular complexity index is 964. The Labute approximate surface area is 147 Å². The second-order valence-electron chi connectivity index (χ2n) is 5.95. The topological polar surface area (TPSA) is 76.9 Å². The molecule has 0 saturated carbocycles. The van der Waals surface area contributed by atoms with Gasteiger partial charge in [-0.15, -0.1) is 0 Å². The summed E-state index contributed by atoms with van der Waals surface area (Å²) < 4.78 is 27.8. The highest BCUT2D eigenvalue weighted by atomic mass is 32.2. The fourth-order valence-electron chi connectivity index (χ4n) is 2.54. The van der Waals surface area contributed by atoms with Crippen LogP contribution in [0.25, 0.3) is 5.69 Å². The van der Waals surface area contributed by atoms with Crippen LogP contribution in [0.5, 0.6) is 0 Å². The van der Waals surface area contributed by atoms with Crippen LogP contribution in [0.1, 0.15) is 29.9 Å². The molecule has 1 aromatic heterocycles. The smallest absolute Gasteiger partial charge is 0.207 e. The Morgan fingerprint density at radius 2 is 1.60 bits per heavy atom. The van der Waals surface area contributed by atoms with Crippen molar-refractivity contribution in [3.05, 3.63) is 71.5 Å². The summed E-state index contributed by atoms with van der Waals surface area (Å²) in [5.41, 5.74) is 3.11. The lowest BCUT2D eigenvalue weighted by Crippen LogP contribution is -2.27. The maximum atomic E-state index is 12.5. The number of nitrogens with zero attached hydrogens (tertiary/aromatic N) is 3. The van der Waals surface area contributed by atoms with Crippen molar-refractivity contribution in [2.45, 2.75) is 31.7 Å². The number of rotatable bonds is 5. The summed E-state index contributed by atoms with van der Waals surface area (Å²) in [6, 6.07) is 15.7. The van der Waals surface area contributed by atoms with Crippen LogP contribution in [0.15, 0.2) is 59.5 Å². The molecule has 0 radical (unpaired) electrons. The van der Waals surface area contributed by atoms with Gasteiger partial charge in [0.15, 0.2) is 0 Å². The van der Waals surface area contributed by atoms with E-state index in [1.165, 1.54) is 4.80 Å². The van der Waals surface area contributed by atoms with E-state index < -0.39 is 16.1 Å². The minimum Gasteiger partial charge on any atom is -0.207 e. The number of nitrogens with one attached hydrogen (secondary N) is 1. The van der Waals surface area contributed by atoms with Crippen LogP contribution in [0.3, 0.4) is 0 Å². The molecule has 0 aliphatic heterocycles. The molecule has 7 heteroatoms. The van der Waals surface area contributed by atoms with E-state index in [2.05, 4.69) is 14.9 Å². The van der Waals surface area contributed by atoms with Crippen LogP contribution >= 0.6 is 0 Å². The quantitative estimate of drug-likeness (QED) is 0.762. The zero-order valence-electron chi connectivity index (χ0n) is 14.3. The van der Waals surface area contributed by atoms with Crippen LogP contribution in [-0.4, -0.2) is 23.4 Å². The predicted molar refractivity (Wildman–Crippen MR) is 96.0 cm³/mol. The first-order chi connectivity index (χ1) is 11.9. The minimum atomic E-state index is -3.62. The van der Waals surface area contributed by atoms with Crippen LogP contribution in [0.2, 0.25) is 0 Å². The van der Waals surface area contributed by atoms with Gasteiger partial charge < -0.3 is 0 Å². The molecular weight excluding hydrogens is 336 g/mol. The van der Waals surface area contributed by atoms with Crippen molar-refractivity contribution < 1.29 is 8.42 Å². The van der Waals surface area contributed by atoms with E-state index in [9.17, 15) is 8.42 Å². The number of para-hydroxylation sites is 1. The van der Waals surface area contributed by atoms with Crippen molar-refractivity contribution in [2.75, 3.05) is 0 Å². The third-order valence-corrected chi connectivity index (χ3v) is 5.43. The number of hydrogen-bond donors (Lipinski definition) is 1. The Balaban J connectivity index is 1.85. The largest absolute Gasteiger partial charge is 0.241 e. The van der Waals surface area contributed by atoms with Gasteiger partial charge in [0.2, 0.25) is 10.0 Å². The number of sulfonamides is 1. The fourth-order valence-corrected chi connectivity index (χ4v) is 3.75. The molecule has 0 saturated heterocycles. The summed E-state index contributed by atoms with van der Waals surface area (Å²) in [5.74, 6) is 0. The van der Waals surface area contributed by atoms with Crippen LogP contribution in [-0.2, 0) is 10.0 Å². The lowest BCUT2D eigenvalue weighted by molar-refractivity contribution is 0.562. The van der Waals surface area contributed by atoms with Crippen molar-refractivity contribution in [3.8, 4) is 5.69 Å². The van der Waals surface area contributed by atoms with E-state index in [1.807, 2.05) is 44.2 Å². The number of hydrogen-bond acceptors (Lipinski definition) is 4. The van der Waals surface area contributed by atoms with Gasteiger partial charge in [-0.2, -0.15) is 15.0 Å². The molecule has 2 aromatic carbocycles. The van der Waals surface area contributed by atoms with Crippen LogP contribution in [0, 0.1) is 13.8 Å².